The van der Waals surface area contributed by atoms with Crippen molar-refractivity contribution in [3.63, 3.8) is 0 Å². The number of carboxylic acids is 1. The summed E-state index contributed by atoms with van der Waals surface area (Å²) in [5, 5.41) is 18.9. The number of hydrogen-bond donors (Lipinski definition) is 2. The summed E-state index contributed by atoms with van der Waals surface area (Å²) < 4.78 is 0. The molecule has 0 heterocycles. The molecule has 0 saturated carbocycles. The predicted octanol–water partition coefficient (Wildman–Crippen LogP) is 3.68. The van der Waals surface area contributed by atoms with Crippen LogP contribution in [0.25, 0.3) is 11.1 Å². The van der Waals surface area contributed by atoms with Crippen molar-refractivity contribution in [1.82, 2.24) is 0 Å². The van der Waals surface area contributed by atoms with Crippen molar-refractivity contribution in [2.24, 2.45) is 0 Å². The Morgan fingerprint density at radius 2 is 1.53 bits per heavy atom. The lowest BCUT2D eigenvalue weighted by molar-refractivity contribution is 0.0696. The number of carbonyl (C=O) groups is 1. The molecule has 0 bridgehead atoms. The molecule has 0 aliphatic rings. The van der Waals surface area contributed by atoms with Crippen molar-refractivity contribution in [3.05, 3.63) is 52.6 Å². The predicted molar refractivity (Wildman–Crippen MR) is 74.7 cm³/mol. The van der Waals surface area contributed by atoms with Crippen LogP contribution in [0.2, 0.25) is 0 Å². The third kappa shape index (κ3) is 2.45. The van der Waals surface area contributed by atoms with Gasteiger partial charge in [0.15, 0.2) is 0 Å². The van der Waals surface area contributed by atoms with E-state index < -0.39 is 5.97 Å². The molecule has 2 aromatic carbocycles. The number of benzene rings is 2. The summed E-state index contributed by atoms with van der Waals surface area (Å²) in [5.41, 5.74) is 5.07. The van der Waals surface area contributed by atoms with Crippen LogP contribution in [0, 0.1) is 20.8 Å². The summed E-state index contributed by atoms with van der Waals surface area (Å²) in [5.74, 6) is -1.05. The Bertz CT molecular complexity index is 657. The first-order valence-corrected chi connectivity index (χ1v) is 6.04. The van der Waals surface area contributed by atoms with Gasteiger partial charge in [-0.25, -0.2) is 4.79 Å². The highest BCUT2D eigenvalue weighted by atomic mass is 16.4. The molecular weight excluding hydrogens is 240 g/mol. The summed E-state index contributed by atoms with van der Waals surface area (Å²) in [4.78, 5) is 10.9. The van der Waals surface area contributed by atoms with Crippen LogP contribution >= 0.6 is 0 Å². The molecule has 98 valence electrons. The highest BCUT2D eigenvalue weighted by Crippen LogP contribution is 2.33. The van der Waals surface area contributed by atoms with Gasteiger partial charge in [-0.3, -0.25) is 0 Å². The minimum absolute atomic E-state index is 0.00810. The minimum Gasteiger partial charge on any atom is -0.507 e. The molecule has 2 N–H and O–H groups in total. The first-order valence-electron chi connectivity index (χ1n) is 6.04. The van der Waals surface area contributed by atoms with Crippen molar-refractivity contribution in [1.29, 1.82) is 0 Å². The molecule has 19 heavy (non-hydrogen) atoms. The second kappa shape index (κ2) is 4.76. The van der Waals surface area contributed by atoms with Gasteiger partial charge < -0.3 is 10.2 Å². The molecule has 0 radical (unpaired) electrons. The van der Waals surface area contributed by atoms with Gasteiger partial charge in [0, 0.05) is 5.56 Å². The third-order valence-corrected chi connectivity index (χ3v) is 3.38. The van der Waals surface area contributed by atoms with E-state index in [4.69, 9.17) is 5.11 Å². The summed E-state index contributed by atoms with van der Waals surface area (Å²) in [6.45, 7) is 6.03. The lowest BCUT2D eigenvalue weighted by Crippen LogP contribution is -1.96. The molecule has 0 aromatic heterocycles. The van der Waals surface area contributed by atoms with E-state index in [1.165, 1.54) is 17.7 Å². The second-order valence-electron chi connectivity index (χ2n) is 4.79. The molecule has 0 atom stereocenters. The van der Waals surface area contributed by atoms with E-state index in [9.17, 15) is 9.90 Å². The highest BCUT2D eigenvalue weighted by Gasteiger charge is 2.11. The van der Waals surface area contributed by atoms with Crippen LogP contribution in [0.3, 0.4) is 0 Å². The number of aromatic carboxylic acids is 1. The monoisotopic (exact) mass is 256 g/mol. The number of aryl methyl sites for hydroxylation is 3. The number of aromatic hydroxyl groups is 1. The highest BCUT2D eigenvalue weighted by molar-refractivity contribution is 5.90. The maximum absolute atomic E-state index is 10.9. The molecule has 2 rings (SSSR count). The SMILES string of the molecule is Cc1cc(C)c(-c2ccc(C(=O)O)cc2O)cc1C. The van der Waals surface area contributed by atoms with Gasteiger partial charge >= 0.3 is 5.97 Å². The molecule has 0 saturated heterocycles. The van der Waals surface area contributed by atoms with Gasteiger partial charge in [-0.2, -0.15) is 0 Å². The van der Waals surface area contributed by atoms with E-state index in [1.54, 1.807) is 6.07 Å². The van der Waals surface area contributed by atoms with E-state index in [0.29, 0.717) is 5.56 Å². The molecule has 0 spiro atoms. The van der Waals surface area contributed by atoms with E-state index in [-0.39, 0.29) is 11.3 Å². The van der Waals surface area contributed by atoms with Crippen molar-refractivity contribution in [2.45, 2.75) is 20.8 Å². The molecule has 3 nitrogen and oxygen atoms in total. The first-order chi connectivity index (χ1) is 8.90. The second-order valence-corrected chi connectivity index (χ2v) is 4.79. The average Bonchev–Trinajstić information content (AvgIpc) is 2.34. The Labute approximate surface area is 112 Å². The summed E-state index contributed by atoms with van der Waals surface area (Å²) >= 11 is 0. The van der Waals surface area contributed by atoms with Crippen LogP contribution in [0.4, 0.5) is 0 Å². The first kappa shape index (κ1) is 13.1. The van der Waals surface area contributed by atoms with Gasteiger partial charge in [0.2, 0.25) is 0 Å². The lowest BCUT2D eigenvalue weighted by Gasteiger charge is -2.12. The largest absolute Gasteiger partial charge is 0.507 e. The Hall–Kier alpha value is -2.29. The van der Waals surface area contributed by atoms with Crippen molar-refractivity contribution < 1.29 is 15.0 Å². The molecule has 3 heteroatoms. The van der Waals surface area contributed by atoms with Crippen LogP contribution in [0.1, 0.15) is 27.0 Å². The maximum Gasteiger partial charge on any atom is 0.335 e. The number of hydrogen-bond acceptors (Lipinski definition) is 2. The molecule has 0 aliphatic carbocycles. The summed E-state index contributed by atoms with van der Waals surface area (Å²) in [7, 11) is 0. The quantitative estimate of drug-likeness (QED) is 0.861. The van der Waals surface area contributed by atoms with E-state index in [1.807, 2.05) is 26.8 Å². The van der Waals surface area contributed by atoms with Crippen LogP contribution in [-0.2, 0) is 0 Å². The van der Waals surface area contributed by atoms with Crippen LogP contribution < -0.4 is 0 Å². The third-order valence-electron chi connectivity index (χ3n) is 3.38. The minimum atomic E-state index is -1.04. The number of rotatable bonds is 2. The molecule has 0 unspecified atom stereocenters. The summed E-state index contributed by atoms with van der Waals surface area (Å²) in [6.07, 6.45) is 0. The van der Waals surface area contributed by atoms with E-state index in [0.717, 1.165) is 16.7 Å². The van der Waals surface area contributed by atoms with Gasteiger partial charge in [-0.1, -0.05) is 12.1 Å². The maximum atomic E-state index is 10.9. The van der Waals surface area contributed by atoms with Gasteiger partial charge in [0.05, 0.1) is 5.56 Å². The van der Waals surface area contributed by atoms with Gasteiger partial charge in [-0.05, 0) is 61.2 Å². The van der Waals surface area contributed by atoms with Crippen molar-refractivity contribution in [3.8, 4) is 16.9 Å². The normalized spacial score (nSPS) is 10.5. The lowest BCUT2D eigenvalue weighted by atomic mass is 9.94. The fourth-order valence-electron chi connectivity index (χ4n) is 2.14. The molecule has 0 amide bonds. The molecule has 2 aromatic rings. The topological polar surface area (TPSA) is 57.5 Å². The Balaban J connectivity index is 2.59. The van der Waals surface area contributed by atoms with Gasteiger partial charge in [-0.15, -0.1) is 0 Å². The Kier molecular flexibility index (Phi) is 3.30. The molecule has 0 aliphatic heterocycles. The average molecular weight is 256 g/mol. The van der Waals surface area contributed by atoms with Crippen molar-refractivity contribution >= 4 is 5.97 Å². The zero-order chi connectivity index (χ0) is 14.2. The smallest absolute Gasteiger partial charge is 0.335 e. The fourth-order valence-corrected chi connectivity index (χ4v) is 2.14. The van der Waals surface area contributed by atoms with Gasteiger partial charge in [0.1, 0.15) is 5.75 Å². The number of carboxylic acid groups (broad SMARTS) is 1. The van der Waals surface area contributed by atoms with Crippen LogP contribution in [-0.4, -0.2) is 16.2 Å². The van der Waals surface area contributed by atoms with E-state index >= 15 is 0 Å². The Morgan fingerprint density at radius 3 is 2.11 bits per heavy atom. The molecule has 0 fully saturated rings. The van der Waals surface area contributed by atoms with Crippen LogP contribution in [0.5, 0.6) is 5.75 Å². The standard InChI is InChI=1S/C16H16O3/c1-9-6-11(3)14(7-10(9)2)13-5-4-12(16(18)19)8-15(13)17/h4-8,17H,1-3H3,(H,18,19). The summed E-state index contributed by atoms with van der Waals surface area (Å²) in [6, 6.07) is 8.52. The number of phenolic OH excluding ortho intramolecular Hbond substituents is 1. The molecular formula is C16H16O3. The zero-order valence-electron chi connectivity index (χ0n) is 11.2. The number of phenols is 1. The van der Waals surface area contributed by atoms with Gasteiger partial charge in [0.25, 0.3) is 0 Å². The zero-order valence-corrected chi connectivity index (χ0v) is 11.2. The van der Waals surface area contributed by atoms with E-state index in [2.05, 4.69) is 6.07 Å². The van der Waals surface area contributed by atoms with Crippen LogP contribution in [0.15, 0.2) is 30.3 Å². The van der Waals surface area contributed by atoms with Crippen molar-refractivity contribution in [2.75, 3.05) is 0 Å². The fraction of sp³-hybridized carbons (Fsp3) is 0.188. The Morgan fingerprint density at radius 1 is 0.895 bits per heavy atom.